The number of benzene rings is 1. The molecule has 24 heavy (non-hydrogen) atoms. The maximum atomic E-state index is 12.6. The van der Waals surface area contributed by atoms with Crippen molar-refractivity contribution in [2.24, 2.45) is 0 Å². The molecule has 1 aromatic heterocycles. The van der Waals surface area contributed by atoms with Crippen LogP contribution in [0.4, 0.5) is 13.2 Å². The van der Waals surface area contributed by atoms with Crippen molar-refractivity contribution < 1.29 is 22.6 Å². The fraction of sp³-hybridized carbons (Fsp3) is 0.235. The summed E-state index contributed by atoms with van der Waals surface area (Å²) < 4.78 is 48.2. The highest BCUT2D eigenvalue weighted by molar-refractivity contribution is 7.10. The van der Waals surface area contributed by atoms with E-state index in [9.17, 15) is 13.2 Å². The molecule has 7 heteroatoms. The first-order valence-corrected chi connectivity index (χ1v) is 7.63. The summed E-state index contributed by atoms with van der Waals surface area (Å²) in [5, 5.41) is 10.4. The van der Waals surface area contributed by atoms with Gasteiger partial charge in [0.15, 0.2) is 11.5 Å². The maximum Gasteiger partial charge on any atom is 0.416 e. The lowest BCUT2D eigenvalue weighted by Crippen LogP contribution is -2.06. The molecule has 2 aromatic rings. The number of nitrogens with zero attached hydrogens (tertiary/aromatic N) is 1. The van der Waals surface area contributed by atoms with Crippen LogP contribution in [-0.4, -0.2) is 13.7 Å². The first kappa shape index (κ1) is 17.7. The Hall–Kier alpha value is -2.64. The standard InChI is InChI=1S/C17H12F3NO2S/c1-22-16-10-13(17(18,19)20)4-5-15(16)23-8-2-3-12-9-14(6-7-21)24-11-12/h4-5,9-11H,6,8H2,1H3. The zero-order chi connectivity index (χ0) is 17.6. The summed E-state index contributed by atoms with van der Waals surface area (Å²) in [6.07, 6.45) is -4.10. The number of halogens is 3. The van der Waals surface area contributed by atoms with Crippen LogP contribution in [0.15, 0.2) is 29.6 Å². The fourth-order valence-corrected chi connectivity index (χ4v) is 2.58. The Morgan fingerprint density at radius 1 is 1.21 bits per heavy atom. The molecule has 0 aliphatic rings. The van der Waals surface area contributed by atoms with Gasteiger partial charge in [0.1, 0.15) is 6.61 Å². The summed E-state index contributed by atoms with van der Waals surface area (Å²) in [6.45, 7) is 0.00511. The maximum absolute atomic E-state index is 12.6. The zero-order valence-corrected chi connectivity index (χ0v) is 13.4. The van der Waals surface area contributed by atoms with Gasteiger partial charge in [-0.05, 0) is 24.3 Å². The van der Waals surface area contributed by atoms with Crippen molar-refractivity contribution in [3.05, 3.63) is 45.6 Å². The van der Waals surface area contributed by atoms with Crippen molar-refractivity contribution in [1.29, 1.82) is 5.26 Å². The lowest BCUT2D eigenvalue weighted by Gasteiger charge is -2.12. The van der Waals surface area contributed by atoms with Gasteiger partial charge >= 0.3 is 6.18 Å². The topological polar surface area (TPSA) is 42.2 Å². The largest absolute Gasteiger partial charge is 0.493 e. The number of thiophene rings is 1. The summed E-state index contributed by atoms with van der Waals surface area (Å²) in [7, 11) is 1.27. The summed E-state index contributed by atoms with van der Waals surface area (Å²) in [6, 6.07) is 6.90. The molecule has 2 rings (SSSR count). The lowest BCUT2D eigenvalue weighted by molar-refractivity contribution is -0.137. The van der Waals surface area contributed by atoms with Crippen molar-refractivity contribution in [2.45, 2.75) is 12.6 Å². The van der Waals surface area contributed by atoms with Crippen molar-refractivity contribution in [3.63, 3.8) is 0 Å². The molecule has 0 unspecified atom stereocenters. The first-order chi connectivity index (χ1) is 11.4. The van der Waals surface area contributed by atoms with Crippen LogP contribution in [-0.2, 0) is 12.6 Å². The van der Waals surface area contributed by atoms with Crippen molar-refractivity contribution >= 4 is 11.3 Å². The molecule has 124 valence electrons. The van der Waals surface area contributed by atoms with Gasteiger partial charge in [-0.15, -0.1) is 11.3 Å². The minimum atomic E-state index is -4.44. The average molecular weight is 351 g/mol. The van der Waals surface area contributed by atoms with Gasteiger partial charge in [-0.25, -0.2) is 0 Å². The van der Waals surface area contributed by atoms with Crippen LogP contribution in [0.5, 0.6) is 11.5 Å². The third-order valence-electron chi connectivity index (χ3n) is 2.93. The zero-order valence-electron chi connectivity index (χ0n) is 12.6. The van der Waals surface area contributed by atoms with Crippen molar-refractivity contribution in [1.82, 2.24) is 0 Å². The van der Waals surface area contributed by atoms with Gasteiger partial charge in [-0.2, -0.15) is 18.4 Å². The Balaban J connectivity index is 2.02. The van der Waals surface area contributed by atoms with Crippen molar-refractivity contribution in [3.8, 4) is 29.4 Å². The minimum Gasteiger partial charge on any atom is -0.493 e. The summed E-state index contributed by atoms with van der Waals surface area (Å²) >= 11 is 1.45. The number of ether oxygens (including phenoxy) is 2. The van der Waals surface area contributed by atoms with Crippen LogP contribution in [0.25, 0.3) is 0 Å². The molecule has 1 heterocycles. The fourth-order valence-electron chi connectivity index (χ4n) is 1.83. The van der Waals surface area contributed by atoms with Gasteiger partial charge in [0.05, 0.1) is 25.2 Å². The second-order valence-electron chi connectivity index (χ2n) is 4.59. The molecule has 3 nitrogen and oxygen atoms in total. The third-order valence-corrected chi connectivity index (χ3v) is 3.87. The van der Waals surface area contributed by atoms with E-state index in [0.717, 1.165) is 22.6 Å². The number of nitriles is 1. The van der Waals surface area contributed by atoms with E-state index in [2.05, 4.69) is 17.9 Å². The van der Waals surface area contributed by atoms with Crippen LogP contribution in [0.3, 0.4) is 0 Å². The van der Waals surface area contributed by atoms with Gasteiger partial charge < -0.3 is 9.47 Å². The van der Waals surface area contributed by atoms with E-state index >= 15 is 0 Å². The van der Waals surface area contributed by atoms with Crippen LogP contribution in [0.1, 0.15) is 16.0 Å². The van der Waals surface area contributed by atoms with E-state index in [0.29, 0.717) is 6.42 Å². The van der Waals surface area contributed by atoms with E-state index in [1.807, 2.05) is 11.4 Å². The smallest absolute Gasteiger partial charge is 0.416 e. The van der Waals surface area contributed by atoms with Gasteiger partial charge in [-0.3, -0.25) is 0 Å². The van der Waals surface area contributed by atoms with E-state index < -0.39 is 11.7 Å². The number of alkyl halides is 3. The number of rotatable bonds is 4. The van der Waals surface area contributed by atoms with Crippen LogP contribution in [0.2, 0.25) is 0 Å². The monoisotopic (exact) mass is 351 g/mol. The Labute approximate surface area is 141 Å². The van der Waals surface area contributed by atoms with E-state index in [-0.39, 0.29) is 18.1 Å². The summed E-state index contributed by atoms with van der Waals surface area (Å²) in [4.78, 5) is 0.923. The Morgan fingerprint density at radius 2 is 2.00 bits per heavy atom. The highest BCUT2D eigenvalue weighted by atomic mass is 32.1. The Kier molecular flexibility index (Phi) is 5.73. The van der Waals surface area contributed by atoms with Crippen molar-refractivity contribution in [2.75, 3.05) is 13.7 Å². The van der Waals surface area contributed by atoms with Gasteiger partial charge in [0, 0.05) is 15.8 Å². The number of hydrogen-bond donors (Lipinski definition) is 0. The molecule has 0 saturated carbocycles. The predicted octanol–water partition coefficient (Wildman–Crippen LogP) is 4.27. The SMILES string of the molecule is COc1cc(C(F)(F)F)ccc1OCC#Cc1csc(CC#N)c1. The van der Waals surface area contributed by atoms with Crippen LogP contribution in [0, 0.1) is 23.2 Å². The molecule has 0 spiro atoms. The van der Waals surface area contributed by atoms with Gasteiger partial charge in [-0.1, -0.05) is 11.8 Å². The normalized spacial score (nSPS) is 10.5. The highest BCUT2D eigenvalue weighted by Crippen LogP contribution is 2.36. The van der Waals surface area contributed by atoms with E-state index in [1.165, 1.54) is 24.5 Å². The number of methoxy groups -OCH3 is 1. The summed E-state index contributed by atoms with van der Waals surface area (Å²) in [5.74, 6) is 5.84. The molecule has 0 saturated heterocycles. The molecule has 0 fully saturated rings. The van der Waals surface area contributed by atoms with E-state index in [1.54, 1.807) is 0 Å². The molecular weight excluding hydrogens is 339 g/mol. The Bertz CT molecular complexity index is 810. The molecule has 0 radical (unpaired) electrons. The molecule has 0 amide bonds. The quantitative estimate of drug-likeness (QED) is 0.773. The predicted molar refractivity (Wildman–Crippen MR) is 84.0 cm³/mol. The Morgan fingerprint density at radius 3 is 2.67 bits per heavy atom. The highest BCUT2D eigenvalue weighted by Gasteiger charge is 2.31. The van der Waals surface area contributed by atoms with Crippen LogP contribution < -0.4 is 9.47 Å². The molecule has 1 aromatic carbocycles. The number of hydrogen-bond acceptors (Lipinski definition) is 4. The van der Waals surface area contributed by atoms with E-state index in [4.69, 9.17) is 14.7 Å². The van der Waals surface area contributed by atoms with Crippen LogP contribution >= 0.6 is 11.3 Å². The molecule has 0 N–H and O–H groups in total. The van der Waals surface area contributed by atoms with Gasteiger partial charge in [0.2, 0.25) is 0 Å². The molecule has 0 aliphatic heterocycles. The summed E-state index contributed by atoms with van der Waals surface area (Å²) in [5.41, 5.74) is -0.0330. The average Bonchev–Trinajstić information content (AvgIpc) is 2.98. The molecular formula is C17H12F3NO2S. The molecule has 0 atom stereocenters. The lowest BCUT2D eigenvalue weighted by atomic mass is 10.2. The molecule has 0 aliphatic carbocycles. The second-order valence-corrected chi connectivity index (χ2v) is 5.59. The molecule has 0 bridgehead atoms. The minimum absolute atomic E-state index is 0.00142. The first-order valence-electron chi connectivity index (χ1n) is 6.75. The second kappa shape index (κ2) is 7.76. The third kappa shape index (κ3) is 4.68. The van der Waals surface area contributed by atoms with Gasteiger partial charge in [0.25, 0.3) is 0 Å².